The number of rotatable bonds is 2. The zero-order valence-corrected chi connectivity index (χ0v) is 13.4. The van der Waals surface area contributed by atoms with Crippen LogP contribution in [-0.2, 0) is 16.5 Å². The summed E-state index contributed by atoms with van der Waals surface area (Å²) in [5, 5.41) is 0. The van der Waals surface area contributed by atoms with Crippen LogP contribution in [0.1, 0.15) is 27.7 Å². The summed E-state index contributed by atoms with van der Waals surface area (Å²) in [7, 11) is 9.75. The van der Waals surface area contributed by atoms with Crippen LogP contribution in [0.5, 0.6) is 0 Å². The van der Waals surface area contributed by atoms with Gasteiger partial charge in [-0.15, -0.1) is 13.1 Å². The van der Waals surface area contributed by atoms with Crippen LogP contribution in [0.25, 0.3) is 11.5 Å². The molecule has 0 aromatic heterocycles. The fraction of sp³-hybridized carbons (Fsp3) is 1.00. The topological polar surface area (TPSA) is 111 Å². The van der Waals surface area contributed by atoms with Crippen molar-refractivity contribution < 1.29 is 27.4 Å². The second-order valence-electron chi connectivity index (χ2n) is 3.24. The van der Waals surface area contributed by atoms with Gasteiger partial charge < -0.3 is 22.4 Å². The minimum atomic E-state index is -0.472. The number of hydrogen-bond donors (Lipinski definition) is 0. The minimum absolute atomic E-state index is 0. The van der Waals surface area contributed by atoms with Gasteiger partial charge in [0.1, 0.15) is 0 Å². The molecule has 0 amide bonds. The summed E-state index contributed by atoms with van der Waals surface area (Å²) >= 11 is -0.472. The summed E-state index contributed by atoms with van der Waals surface area (Å²) in [6.45, 7) is 9.25. The van der Waals surface area contributed by atoms with Crippen molar-refractivity contribution in [3.8, 4) is 0 Å². The predicted octanol–water partition coefficient (Wildman–Crippen LogP) is 3.12. The average Bonchev–Trinajstić information content (AvgIpc) is 2.07. The van der Waals surface area contributed by atoms with Gasteiger partial charge in [-0.1, -0.05) is 39.5 Å². The third-order valence-electron chi connectivity index (χ3n) is 0.816. The molecule has 0 aliphatic rings. The Morgan fingerprint density at radius 2 is 0.933 bits per heavy atom. The Bertz CT molecular complexity index is 73.7. The molecular formula is C8H24Cl2N2O2Pt. The second-order valence-corrected chi connectivity index (χ2v) is 6.52. The Balaban J connectivity index is -0.0000000322. The first-order valence-electron chi connectivity index (χ1n) is 4.07. The van der Waals surface area contributed by atoms with Crippen LogP contribution in [-0.4, -0.2) is 24.0 Å². The standard InChI is InChI=1S/2C4H10N.2ClH.2H2O.Pt/c2*1-4(2)3-5;;;;;/h2*4-5H,3H2,1-2H3;2*1H;2*1H2;/q2*-1;;;;;+4/p-2. The summed E-state index contributed by atoms with van der Waals surface area (Å²) < 4.78 is 0. The van der Waals surface area contributed by atoms with E-state index in [1.54, 1.807) is 0 Å². The molecule has 0 aliphatic carbocycles. The molecule has 0 rings (SSSR count). The molecule has 0 heterocycles. The van der Waals surface area contributed by atoms with E-state index in [0.717, 1.165) is 0 Å². The van der Waals surface area contributed by atoms with Gasteiger partial charge in [0, 0.05) is 0 Å². The van der Waals surface area contributed by atoms with Gasteiger partial charge in [-0.3, -0.25) is 0 Å². The van der Waals surface area contributed by atoms with Crippen LogP contribution in [0, 0.1) is 11.8 Å². The summed E-state index contributed by atoms with van der Waals surface area (Å²) in [5.74, 6) is 1.10. The maximum atomic E-state index is 6.66. The second kappa shape index (κ2) is 29.4. The fourth-order valence-electron chi connectivity index (χ4n) is 0. The van der Waals surface area contributed by atoms with Gasteiger partial charge in [0.15, 0.2) is 0 Å². The first-order chi connectivity index (χ1) is 5.95. The van der Waals surface area contributed by atoms with E-state index in [9.17, 15) is 0 Å². The van der Waals surface area contributed by atoms with Gasteiger partial charge >= 0.3 is 35.3 Å². The summed E-state index contributed by atoms with van der Waals surface area (Å²) in [4.78, 5) is 0. The Labute approximate surface area is 110 Å². The molecule has 6 N–H and O–H groups in total. The van der Waals surface area contributed by atoms with Crippen molar-refractivity contribution in [2.75, 3.05) is 13.1 Å². The molecule has 0 aromatic rings. The first kappa shape index (κ1) is 29.8. The molecule has 0 fully saturated rings. The van der Waals surface area contributed by atoms with Crippen molar-refractivity contribution in [3.63, 3.8) is 0 Å². The molecule has 0 unspecified atom stereocenters. The number of hydrogen-bond acceptors (Lipinski definition) is 0. The van der Waals surface area contributed by atoms with Crippen molar-refractivity contribution in [2.24, 2.45) is 11.8 Å². The molecule has 15 heavy (non-hydrogen) atoms. The fourth-order valence-corrected chi connectivity index (χ4v) is 0. The van der Waals surface area contributed by atoms with Crippen LogP contribution in [0.3, 0.4) is 0 Å². The molecule has 7 heteroatoms. The van der Waals surface area contributed by atoms with E-state index in [4.69, 9.17) is 30.3 Å². The van der Waals surface area contributed by atoms with Gasteiger partial charge in [0.2, 0.25) is 0 Å². The van der Waals surface area contributed by atoms with Crippen LogP contribution >= 0.6 is 18.8 Å². The van der Waals surface area contributed by atoms with Crippen molar-refractivity contribution >= 4 is 18.8 Å². The van der Waals surface area contributed by atoms with E-state index < -0.39 is 16.5 Å². The third-order valence-corrected chi connectivity index (χ3v) is 0.816. The van der Waals surface area contributed by atoms with Crippen molar-refractivity contribution in [1.29, 1.82) is 0 Å². The zero-order chi connectivity index (χ0) is 11.3. The normalized spacial score (nSPS) is 7.87. The van der Waals surface area contributed by atoms with E-state index in [1.165, 1.54) is 0 Å². The molecular weight excluding hydrogens is 422 g/mol. The predicted molar refractivity (Wildman–Crippen MR) is 67.0 cm³/mol. The van der Waals surface area contributed by atoms with Crippen LogP contribution < -0.4 is 0 Å². The van der Waals surface area contributed by atoms with Gasteiger partial charge in [-0.2, -0.15) is 0 Å². The quantitative estimate of drug-likeness (QED) is 0.621. The first-order valence-corrected chi connectivity index (χ1v) is 9.70. The molecule has 0 radical (unpaired) electrons. The van der Waals surface area contributed by atoms with Gasteiger partial charge in [-0.25, -0.2) is 0 Å². The molecule has 102 valence electrons. The Morgan fingerprint density at radius 1 is 0.867 bits per heavy atom. The zero-order valence-electron chi connectivity index (χ0n) is 9.64. The summed E-state index contributed by atoms with van der Waals surface area (Å²) in [5.41, 5.74) is 13.3. The molecule has 0 bridgehead atoms. The van der Waals surface area contributed by atoms with Crippen molar-refractivity contribution in [1.82, 2.24) is 0 Å². The molecule has 0 saturated heterocycles. The summed E-state index contributed by atoms with van der Waals surface area (Å²) in [6.07, 6.45) is 0. The van der Waals surface area contributed by atoms with Gasteiger partial charge in [-0.05, 0) is 0 Å². The van der Waals surface area contributed by atoms with Gasteiger partial charge in [0.25, 0.3) is 0 Å². The number of halogens is 2. The van der Waals surface area contributed by atoms with E-state index in [1.807, 2.05) is 27.7 Å². The Morgan fingerprint density at radius 3 is 0.933 bits per heavy atom. The van der Waals surface area contributed by atoms with Crippen molar-refractivity contribution in [2.45, 2.75) is 27.7 Å². The Kier molecular flexibility index (Phi) is 58.5. The third kappa shape index (κ3) is 99.5. The average molecular weight is 446 g/mol. The molecule has 0 saturated carbocycles. The molecule has 0 spiro atoms. The molecule has 4 nitrogen and oxygen atoms in total. The van der Waals surface area contributed by atoms with Crippen LogP contribution in [0.2, 0.25) is 0 Å². The maximum absolute atomic E-state index is 6.66. The molecule has 0 atom stereocenters. The summed E-state index contributed by atoms with van der Waals surface area (Å²) in [6, 6.07) is 0. The van der Waals surface area contributed by atoms with Crippen molar-refractivity contribution in [3.05, 3.63) is 11.5 Å². The van der Waals surface area contributed by atoms with E-state index >= 15 is 0 Å². The van der Waals surface area contributed by atoms with E-state index in [0.29, 0.717) is 24.9 Å². The van der Waals surface area contributed by atoms with E-state index in [2.05, 4.69) is 0 Å². The monoisotopic (exact) mass is 445 g/mol. The molecule has 0 aromatic carbocycles. The van der Waals surface area contributed by atoms with Crippen LogP contribution in [0.15, 0.2) is 0 Å². The SMILES string of the molecule is CC(C)C[NH-].CC(C)C[NH-].O.O.[Cl][Pt+2][Cl]. The van der Waals surface area contributed by atoms with E-state index in [-0.39, 0.29) is 11.0 Å². The Hall–Kier alpha value is 1.11. The molecule has 0 aliphatic heterocycles. The number of nitrogens with one attached hydrogen (secondary N) is 2. The van der Waals surface area contributed by atoms with Crippen LogP contribution in [0.4, 0.5) is 0 Å². The van der Waals surface area contributed by atoms with Gasteiger partial charge in [0.05, 0.1) is 0 Å².